The molecule has 0 spiro atoms. The molecule has 0 bridgehead atoms. The summed E-state index contributed by atoms with van der Waals surface area (Å²) in [4.78, 5) is 0. The highest BCUT2D eigenvalue weighted by molar-refractivity contribution is 5.65. The van der Waals surface area contributed by atoms with Gasteiger partial charge in [0.1, 0.15) is 5.82 Å². The monoisotopic (exact) mass is 211 g/mol. The van der Waals surface area contributed by atoms with Crippen molar-refractivity contribution in [3.8, 4) is 17.2 Å². The van der Waals surface area contributed by atoms with Gasteiger partial charge in [-0.05, 0) is 36.2 Å². The van der Waals surface area contributed by atoms with Crippen LogP contribution in [0.3, 0.4) is 0 Å². The number of nitrogens with zero attached hydrogens (tertiary/aromatic N) is 1. The molecular formula is C14H10FN. The molecule has 1 nitrogen and oxygen atoms in total. The van der Waals surface area contributed by atoms with Gasteiger partial charge >= 0.3 is 0 Å². The van der Waals surface area contributed by atoms with Crippen LogP contribution in [-0.2, 0) is 0 Å². The minimum Gasteiger partial charge on any atom is -0.206 e. The number of halogens is 1. The maximum atomic E-state index is 13.7. The molecule has 0 N–H and O–H groups in total. The van der Waals surface area contributed by atoms with Gasteiger partial charge < -0.3 is 0 Å². The molecule has 0 aliphatic rings. The largest absolute Gasteiger partial charge is 0.206 e. The Hall–Kier alpha value is -2.14. The fraction of sp³-hybridized carbons (Fsp3) is 0.0714. The lowest BCUT2D eigenvalue weighted by Gasteiger charge is -2.04. The van der Waals surface area contributed by atoms with Gasteiger partial charge in [0, 0.05) is 5.56 Å². The van der Waals surface area contributed by atoms with Crippen LogP contribution in [0.4, 0.5) is 4.39 Å². The molecule has 2 rings (SSSR count). The first-order valence-corrected chi connectivity index (χ1v) is 4.97. The zero-order valence-corrected chi connectivity index (χ0v) is 8.87. The summed E-state index contributed by atoms with van der Waals surface area (Å²) in [6.45, 7) is 1.85. The fourth-order valence-electron chi connectivity index (χ4n) is 1.58. The van der Waals surface area contributed by atoms with Crippen molar-refractivity contribution in [2.45, 2.75) is 6.92 Å². The van der Waals surface area contributed by atoms with Crippen molar-refractivity contribution in [2.75, 3.05) is 0 Å². The topological polar surface area (TPSA) is 23.8 Å². The van der Waals surface area contributed by atoms with E-state index in [4.69, 9.17) is 5.26 Å². The first kappa shape index (κ1) is 10.4. The van der Waals surface area contributed by atoms with Gasteiger partial charge in [0.15, 0.2) is 0 Å². The Morgan fingerprint density at radius 1 is 1.06 bits per heavy atom. The molecule has 2 aromatic rings. The van der Waals surface area contributed by atoms with E-state index in [0.717, 1.165) is 11.1 Å². The summed E-state index contributed by atoms with van der Waals surface area (Å²) in [6, 6.07) is 14.1. The van der Waals surface area contributed by atoms with Crippen LogP contribution in [0, 0.1) is 24.1 Å². The summed E-state index contributed by atoms with van der Waals surface area (Å²) in [6.07, 6.45) is 0. The minimum absolute atomic E-state index is 0.232. The maximum absolute atomic E-state index is 13.7. The zero-order valence-electron chi connectivity index (χ0n) is 8.87. The molecule has 16 heavy (non-hydrogen) atoms. The second-order valence-electron chi connectivity index (χ2n) is 3.67. The summed E-state index contributed by atoms with van der Waals surface area (Å²) in [5.41, 5.74) is 2.83. The third-order valence-electron chi connectivity index (χ3n) is 2.45. The SMILES string of the molecule is Cc1ccc(-c2ccc(C#N)cc2)c(F)c1. The highest BCUT2D eigenvalue weighted by Crippen LogP contribution is 2.23. The van der Waals surface area contributed by atoms with E-state index in [1.807, 2.05) is 19.1 Å². The molecule has 0 fully saturated rings. The van der Waals surface area contributed by atoms with Crippen LogP contribution >= 0.6 is 0 Å². The van der Waals surface area contributed by atoms with Crippen LogP contribution < -0.4 is 0 Å². The molecule has 0 aliphatic carbocycles. The lowest BCUT2D eigenvalue weighted by atomic mass is 10.0. The summed E-state index contributed by atoms with van der Waals surface area (Å²) in [7, 11) is 0. The van der Waals surface area contributed by atoms with Crippen molar-refractivity contribution in [1.82, 2.24) is 0 Å². The second kappa shape index (κ2) is 4.16. The van der Waals surface area contributed by atoms with Crippen molar-refractivity contribution in [1.29, 1.82) is 5.26 Å². The molecule has 0 unspecified atom stereocenters. The number of nitriles is 1. The summed E-state index contributed by atoms with van der Waals surface area (Å²) >= 11 is 0. The van der Waals surface area contributed by atoms with E-state index in [9.17, 15) is 4.39 Å². The van der Waals surface area contributed by atoms with E-state index < -0.39 is 0 Å². The number of benzene rings is 2. The van der Waals surface area contributed by atoms with Crippen LogP contribution in [0.1, 0.15) is 11.1 Å². The lowest BCUT2D eigenvalue weighted by molar-refractivity contribution is 0.630. The Balaban J connectivity index is 2.47. The summed E-state index contributed by atoms with van der Waals surface area (Å²) < 4.78 is 13.7. The van der Waals surface area contributed by atoms with Gasteiger partial charge in [-0.2, -0.15) is 5.26 Å². The molecular weight excluding hydrogens is 201 g/mol. The van der Waals surface area contributed by atoms with E-state index in [1.165, 1.54) is 6.07 Å². The molecule has 0 heterocycles. The fourth-order valence-corrected chi connectivity index (χ4v) is 1.58. The molecule has 2 aromatic carbocycles. The van der Waals surface area contributed by atoms with Crippen LogP contribution in [0.15, 0.2) is 42.5 Å². The molecule has 0 saturated heterocycles. The highest BCUT2D eigenvalue weighted by Gasteiger charge is 2.04. The quantitative estimate of drug-likeness (QED) is 0.706. The molecule has 0 amide bonds. The first-order chi connectivity index (χ1) is 7.70. The van der Waals surface area contributed by atoms with E-state index in [0.29, 0.717) is 11.1 Å². The molecule has 0 atom stereocenters. The minimum atomic E-state index is -0.232. The van der Waals surface area contributed by atoms with Gasteiger partial charge in [-0.3, -0.25) is 0 Å². The smallest absolute Gasteiger partial charge is 0.131 e. The lowest BCUT2D eigenvalue weighted by Crippen LogP contribution is -1.85. The predicted octanol–water partition coefficient (Wildman–Crippen LogP) is 3.67. The maximum Gasteiger partial charge on any atom is 0.131 e. The Morgan fingerprint density at radius 2 is 1.75 bits per heavy atom. The normalized spacial score (nSPS) is 9.81. The van der Waals surface area contributed by atoms with Crippen LogP contribution in [0.5, 0.6) is 0 Å². The van der Waals surface area contributed by atoms with Gasteiger partial charge in [-0.1, -0.05) is 24.3 Å². The third kappa shape index (κ3) is 1.94. The van der Waals surface area contributed by atoms with E-state index >= 15 is 0 Å². The van der Waals surface area contributed by atoms with Gasteiger partial charge in [0.2, 0.25) is 0 Å². The summed E-state index contributed by atoms with van der Waals surface area (Å²) in [5, 5.41) is 8.67. The Bertz CT molecular complexity index is 550. The van der Waals surface area contributed by atoms with Crippen molar-refractivity contribution >= 4 is 0 Å². The van der Waals surface area contributed by atoms with E-state index in [-0.39, 0.29) is 5.82 Å². The average Bonchev–Trinajstić information content (AvgIpc) is 2.29. The Morgan fingerprint density at radius 3 is 2.31 bits per heavy atom. The van der Waals surface area contributed by atoms with Gasteiger partial charge in [0.25, 0.3) is 0 Å². The number of rotatable bonds is 1. The molecule has 0 aliphatic heterocycles. The standard InChI is InChI=1S/C14H10FN/c1-10-2-7-13(14(15)8-10)12-5-3-11(9-16)4-6-12/h2-8H,1H3. The molecule has 0 radical (unpaired) electrons. The summed E-state index contributed by atoms with van der Waals surface area (Å²) in [5.74, 6) is -0.232. The van der Waals surface area contributed by atoms with E-state index in [1.54, 1.807) is 30.3 Å². The van der Waals surface area contributed by atoms with Crippen molar-refractivity contribution < 1.29 is 4.39 Å². The highest BCUT2D eigenvalue weighted by atomic mass is 19.1. The van der Waals surface area contributed by atoms with Crippen LogP contribution in [0.2, 0.25) is 0 Å². The molecule has 78 valence electrons. The Kier molecular flexibility index (Phi) is 2.70. The molecule has 2 heteroatoms. The van der Waals surface area contributed by atoms with E-state index in [2.05, 4.69) is 0 Å². The van der Waals surface area contributed by atoms with Crippen LogP contribution in [-0.4, -0.2) is 0 Å². The van der Waals surface area contributed by atoms with Gasteiger partial charge in [-0.25, -0.2) is 4.39 Å². The molecule has 0 aromatic heterocycles. The van der Waals surface area contributed by atoms with Crippen molar-refractivity contribution in [3.05, 3.63) is 59.4 Å². The third-order valence-corrected chi connectivity index (χ3v) is 2.45. The zero-order chi connectivity index (χ0) is 11.5. The van der Waals surface area contributed by atoms with Crippen LogP contribution in [0.25, 0.3) is 11.1 Å². The van der Waals surface area contributed by atoms with Gasteiger partial charge in [-0.15, -0.1) is 0 Å². The van der Waals surface area contributed by atoms with Gasteiger partial charge in [0.05, 0.1) is 11.6 Å². The second-order valence-corrected chi connectivity index (χ2v) is 3.67. The number of aryl methyl sites for hydroxylation is 1. The Labute approximate surface area is 93.8 Å². The van der Waals surface area contributed by atoms with Crippen molar-refractivity contribution in [3.63, 3.8) is 0 Å². The number of hydrogen-bond acceptors (Lipinski definition) is 1. The number of hydrogen-bond donors (Lipinski definition) is 0. The predicted molar refractivity (Wildman–Crippen MR) is 61.3 cm³/mol. The molecule has 0 saturated carbocycles. The first-order valence-electron chi connectivity index (χ1n) is 4.97. The average molecular weight is 211 g/mol. The van der Waals surface area contributed by atoms with Crippen molar-refractivity contribution in [2.24, 2.45) is 0 Å².